The zero-order valence-corrected chi connectivity index (χ0v) is 22.4. The van der Waals surface area contributed by atoms with E-state index in [0.29, 0.717) is 13.1 Å². The molecule has 4 rings (SSSR count). The number of nitrogens with one attached hydrogen (secondary N) is 2. The molecule has 0 saturated heterocycles. The summed E-state index contributed by atoms with van der Waals surface area (Å²) < 4.78 is 22.9. The highest BCUT2D eigenvalue weighted by molar-refractivity contribution is 5.48. The standard InChI is InChI=1S/C32H36N2O4/c1-35-25-15-17-29(37-3)27(19-25)31(33-21-23-11-7-5-8-12-23)32(34-22-24-13-9-6-10-14-24)28-20-26(36-2)16-18-30(28)38-4/h5-20,31-34H,21-22H2,1-4H3/t31-,32-/m1/s1. The maximum Gasteiger partial charge on any atom is 0.123 e. The van der Waals surface area contributed by atoms with E-state index in [1.54, 1.807) is 28.4 Å². The largest absolute Gasteiger partial charge is 0.497 e. The SMILES string of the molecule is COc1ccc(OC)c([C@@H](NCc2ccccc2)[C@H](NCc2ccccc2)c2cc(OC)ccc2OC)c1. The predicted molar refractivity (Wildman–Crippen MR) is 151 cm³/mol. The lowest BCUT2D eigenvalue weighted by atomic mass is 9.91. The van der Waals surface area contributed by atoms with E-state index in [1.807, 2.05) is 72.8 Å². The molecule has 0 aliphatic carbocycles. The number of ether oxygens (including phenoxy) is 4. The Balaban J connectivity index is 1.84. The Bertz CT molecular complexity index is 1180. The second-order valence-corrected chi connectivity index (χ2v) is 8.90. The van der Waals surface area contributed by atoms with Gasteiger partial charge >= 0.3 is 0 Å². The van der Waals surface area contributed by atoms with Gasteiger partial charge in [-0.3, -0.25) is 0 Å². The maximum absolute atomic E-state index is 5.85. The molecule has 38 heavy (non-hydrogen) atoms. The summed E-state index contributed by atoms with van der Waals surface area (Å²) in [4.78, 5) is 0. The molecule has 0 saturated carbocycles. The molecule has 0 radical (unpaired) electrons. The van der Waals surface area contributed by atoms with Crippen LogP contribution in [0.25, 0.3) is 0 Å². The first-order chi connectivity index (χ1) is 18.7. The minimum absolute atomic E-state index is 0.218. The molecule has 0 heterocycles. The summed E-state index contributed by atoms with van der Waals surface area (Å²) >= 11 is 0. The average molecular weight is 513 g/mol. The van der Waals surface area contributed by atoms with E-state index in [-0.39, 0.29) is 12.1 Å². The quantitative estimate of drug-likeness (QED) is 0.226. The van der Waals surface area contributed by atoms with Gasteiger partial charge in [-0.2, -0.15) is 0 Å². The topological polar surface area (TPSA) is 61.0 Å². The Labute approximate surface area is 225 Å². The summed E-state index contributed by atoms with van der Waals surface area (Å²) in [7, 11) is 6.73. The van der Waals surface area contributed by atoms with Crippen molar-refractivity contribution in [1.82, 2.24) is 10.6 Å². The second-order valence-electron chi connectivity index (χ2n) is 8.90. The van der Waals surface area contributed by atoms with Crippen LogP contribution in [-0.2, 0) is 13.1 Å². The van der Waals surface area contributed by atoms with Crippen molar-refractivity contribution in [2.24, 2.45) is 0 Å². The zero-order valence-electron chi connectivity index (χ0n) is 22.4. The molecule has 0 unspecified atom stereocenters. The fourth-order valence-corrected chi connectivity index (χ4v) is 4.63. The highest BCUT2D eigenvalue weighted by Gasteiger charge is 2.30. The Morgan fingerprint density at radius 2 is 0.895 bits per heavy atom. The van der Waals surface area contributed by atoms with Gasteiger partial charge in [-0.25, -0.2) is 0 Å². The first-order valence-electron chi connectivity index (χ1n) is 12.6. The molecule has 0 aliphatic heterocycles. The van der Waals surface area contributed by atoms with Gasteiger partial charge in [0.2, 0.25) is 0 Å². The highest BCUT2D eigenvalue weighted by Crippen LogP contribution is 2.41. The molecule has 4 aromatic rings. The first kappa shape index (κ1) is 27.0. The molecule has 0 aliphatic rings. The molecule has 2 atom stereocenters. The van der Waals surface area contributed by atoms with Gasteiger partial charge in [0.05, 0.1) is 40.5 Å². The normalized spacial score (nSPS) is 12.4. The summed E-state index contributed by atoms with van der Waals surface area (Å²) in [5, 5.41) is 7.62. The monoisotopic (exact) mass is 512 g/mol. The van der Waals surface area contributed by atoms with Gasteiger partial charge in [-0.1, -0.05) is 60.7 Å². The van der Waals surface area contributed by atoms with Crippen LogP contribution in [-0.4, -0.2) is 28.4 Å². The number of benzene rings is 4. The van der Waals surface area contributed by atoms with E-state index < -0.39 is 0 Å². The van der Waals surface area contributed by atoms with Gasteiger partial charge in [0.15, 0.2) is 0 Å². The van der Waals surface area contributed by atoms with E-state index in [2.05, 4.69) is 34.9 Å². The van der Waals surface area contributed by atoms with Crippen molar-refractivity contribution in [2.75, 3.05) is 28.4 Å². The van der Waals surface area contributed by atoms with Crippen molar-refractivity contribution in [1.29, 1.82) is 0 Å². The lowest BCUT2D eigenvalue weighted by molar-refractivity contribution is 0.337. The van der Waals surface area contributed by atoms with Gasteiger partial charge in [-0.15, -0.1) is 0 Å². The Hall–Kier alpha value is -4.00. The van der Waals surface area contributed by atoms with Crippen molar-refractivity contribution in [3.8, 4) is 23.0 Å². The van der Waals surface area contributed by atoms with Gasteiger partial charge in [0.1, 0.15) is 23.0 Å². The third-order valence-corrected chi connectivity index (χ3v) is 6.62. The molecule has 0 fully saturated rings. The molecule has 0 bridgehead atoms. The number of methoxy groups -OCH3 is 4. The predicted octanol–water partition coefficient (Wildman–Crippen LogP) is 6.08. The van der Waals surface area contributed by atoms with Crippen molar-refractivity contribution in [3.05, 3.63) is 119 Å². The van der Waals surface area contributed by atoms with Crippen LogP contribution in [0.15, 0.2) is 97.1 Å². The molecule has 0 amide bonds. The van der Waals surface area contributed by atoms with Crippen LogP contribution >= 0.6 is 0 Å². The highest BCUT2D eigenvalue weighted by atomic mass is 16.5. The second kappa shape index (κ2) is 13.5. The van der Waals surface area contributed by atoms with Gasteiger partial charge in [0.25, 0.3) is 0 Å². The van der Waals surface area contributed by atoms with E-state index in [4.69, 9.17) is 18.9 Å². The molecule has 6 nitrogen and oxygen atoms in total. The third-order valence-electron chi connectivity index (χ3n) is 6.62. The molecule has 2 N–H and O–H groups in total. The Morgan fingerprint density at radius 1 is 0.500 bits per heavy atom. The number of rotatable bonds is 13. The van der Waals surface area contributed by atoms with Crippen LogP contribution in [0.5, 0.6) is 23.0 Å². The van der Waals surface area contributed by atoms with Crippen molar-refractivity contribution < 1.29 is 18.9 Å². The lowest BCUT2D eigenvalue weighted by Crippen LogP contribution is -2.35. The molecular weight excluding hydrogens is 476 g/mol. The van der Waals surface area contributed by atoms with Crippen LogP contribution in [0.4, 0.5) is 0 Å². The molecular formula is C32H36N2O4. The average Bonchev–Trinajstić information content (AvgIpc) is 2.99. The van der Waals surface area contributed by atoms with Gasteiger partial charge in [-0.05, 0) is 47.5 Å². The van der Waals surface area contributed by atoms with Crippen molar-refractivity contribution in [2.45, 2.75) is 25.2 Å². The lowest BCUT2D eigenvalue weighted by Gasteiger charge is -2.32. The summed E-state index contributed by atoms with van der Waals surface area (Å²) in [6, 6.07) is 32.1. The summed E-state index contributed by atoms with van der Waals surface area (Å²) in [6.45, 7) is 1.31. The van der Waals surface area contributed by atoms with Crippen LogP contribution in [0.1, 0.15) is 34.3 Å². The molecule has 4 aromatic carbocycles. The van der Waals surface area contributed by atoms with E-state index in [0.717, 1.165) is 34.1 Å². The number of hydrogen-bond acceptors (Lipinski definition) is 6. The minimum atomic E-state index is -0.218. The molecule has 0 aromatic heterocycles. The van der Waals surface area contributed by atoms with Crippen LogP contribution in [0.3, 0.4) is 0 Å². The fourth-order valence-electron chi connectivity index (χ4n) is 4.63. The Morgan fingerprint density at radius 3 is 1.24 bits per heavy atom. The van der Waals surface area contributed by atoms with Gasteiger partial charge in [0, 0.05) is 24.2 Å². The summed E-state index contributed by atoms with van der Waals surface area (Å²) in [6.07, 6.45) is 0. The van der Waals surface area contributed by atoms with Crippen molar-refractivity contribution >= 4 is 0 Å². The summed E-state index contributed by atoms with van der Waals surface area (Å²) in [5.41, 5.74) is 4.30. The fraction of sp³-hybridized carbons (Fsp3) is 0.250. The third kappa shape index (κ3) is 6.65. The molecule has 6 heteroatoms. The summed E-state index contributed by atoms with van der Waals surface area (Å²) in [5.74, 6) is 3.05. The smallest absolute Gasteiger partial charge is 0.123 e. The number of hydrogen-bond donors (Lipinski definition) is 2. The minimum Gasteiger partial charge on any atom is -0.497 e. The zero-order chi connectivity index (χ0) is 26.7. The molecule has 0 spiro atoms. The van der Waals surface area contributed by atoms with E-state index in [1.165, 1.54) is 11.1 Å². The maximum atomic E-state index is 5.85. The molecule has 198 valence electrons. The van der Waals surface area contributed by atoms with Crippen LogP contribution in [0.2, 0.25) is 0 Å². The van der Waals surface area contributed by atoms with E-state index in [9.17, 15) is 0 Å². The first-order valence-corrected chi connectivity index (χ1v) is 12.6. The van der Waals surface area contributed by atoms with Crippen LogP contribution < -0.4 is 29.6 Å². The van der Waals surface area contributed by atoms with Crippen LogP contribution in [0, 0.1) is 0 Å². The Kier molecular flexibility index (Phi) is 9.62. The van der Waals surface area contributed by atoms with Gasteiger partial charge < -0.3 is 29.6 Å². The van der Waals surface area contributed by atoms with Crippen molar-refractivity contribution in [3.63, 3.8) is 0 Å². The van der Waals surface area contributed by atoms with E-state index >= 15 is 0 Å².